The molecule has 0 saturated carbocycles. The first-order valence-corrected chi connectivity index (χ1v) is 10.4. The van der Waals surface area contributed by atoms with Crippen LogP contribution < -0.4 is 0 Å². The van der Waals surface area contributed by atoms with E-state index in [0.717, 1.165) is 51.6 Å². The van der Waals surface area contributed by atoms with Gasteiger partial charge in [-0.15, -0.1) is 0 Å². The average molecular weight is 357 g/mol. The smallest absolute Gasteiger partial charge is 0.254 e. The number of hydrogen-bond donors (Lipinski definition) is 0. The van der Waals surface area contributed by atoms with Gasteiger partial charge in [-0.2, -0.15) is 0 Å². The van der Waals surface area contributed by atoms with Gasteiger partial charge in [-0.25, -0.2) is 0 Å². The second kappa shape index (κ2) is 8.70. The zero-order valence-corrected chi connectivity index (χ0v) is 16.2. The lowest BCUT2D eigenvalue weighted by atomic mass is 9.97. The van der Waals surface area contributed by atoms with E-state index in [1.165, 1.54) is 12.8 Å². The molecule has 3 rings (SSSR count). The number of carbonyl (C=O) groups excluding carboxylic acids is 2. The molecule has 2 fully saturated rings. The van der Waals surface area contributed by atoms with Gasteiger partial charge in [0.1, 0.15) is 0 Å². The zero-order chi connectivity index (χ0) is 18.5. The Labute approximate surface area is 157 Å². The third-order valence-corrected chi connectivity index (χ3v) is 6.07. The molecular formula is C22H32N2O2. The normalized spacial score (nSPS) is 23.8. The quantitative estimate of drug-likeness (QED) is 0.797. The molecule has 0 unspecified atom stereocenters. The molecule has 0 aliphatic carbocycles. The predicted octanol–water partition coefficient (Wildman–Crippen LogP) is 4.50. The van der Waals surface area contributed by atoms with Gasteiger partial charge in [0.15, 0.2) is 0 Å². The molecular weight excluding hydrogens is 324 g/mol. The van der Waals surface area contributed by atoms with Crippen LogP contribution in [0.25, 0.3) is 0 Å². The van der Waals surface area contributed by atoms with Crippen LogP contribution in [0.3, 0.4) is 0 Å². The van der Waals surface area contributed by atoms with Crippen LogP contribution in [0.4, 0.5) is 0 Å². The van der Waals surface area contributed by atoms with Crippen molar-refractivity contribution in [2.45, 2.75) is 77.3 Å². The number of rotatable bonds is 4. The molecule has 2 aliphatic rings. The first kappa shape index (κ1) is 18.9. The summed E-state index contributed by atoms with van der Waals surface area (Å²) in [5.41, 5.74) is 1.31. The summed E-state index contributed by atoms with van der Waals surface area (Å²) in [7, 11) is 0. The van der Waals surface area contributed by atoms with Crippen molar-refractivity contribution >= 4 is 11.8 Å². The Bertz CT molecular complexity index is 592. The highest BCUT2D eigenvalue weighted by atomic mass is 16.2. The molecule has 0 spiro atoms. The van der Waals surface area contributed by atoms with Crippen LogP contribution in [-0.4, -0.2) is 46.8 Å². The Morgan fingerprint density at radius 2 is 1.31 bits per heavy atom. The highest BCUT2D eigenvalue weighted by molar-refractivity contribution is 6.00. The molecule has 1 aromatic carbocycles. The number of amides is 2. The van der Waals surface area contributed by atoms with Gasteiger partial charge in [0.05, 0.1) is 0 Å². The van der Waals surface area contributed by atoms with Gasteiger partial charge in [-0.3, -0.25) is 9.59 Å². The third-order valence-electron chi connectivity index (χ3n) is 6.07. The fourth-order valence-electron chi connectivity index (χ4n) is 4.50. The molecule has 2 amide bonds. The van der Waals surface area contributed by atoms with Crippen molar-refractivity contribution in [3.8, 4) is 0 Å². The highest BCUT2D eigenvalue weighted by Gasteiger charge is 2.29. The fraction of sp³-hybridized carbons (Fsp3) is 0.636. The van der Waals surface area contributed by atoms with Crippen LogP contribution in [0.1, 0.15) is 85.9 Å². The first-order valence-electron chi connectivity index (χ1n) is 10.4. The van der Waals surface area contributed by atoms with E-state index in [2.05, 4.69) is 13.8 Å². The maximum atomic E-state index is 13.0. The Morgan fingerprint density at radius 3 is 1.73 bits per heavy atom. The van der Waals surface area contributed by atoms with Crippen LogP contribution in [-0.2, 0) is 0 Å². The molecule has 4 heteroatoms. The average Bonchev–Trinajstić information content (AvgIpc) is 2.72. The second-order valence-electron chi connectivity index (χ2n) is 7.69. The van der Waals surface area contributed by atoms with E-state index < -0.39 is 0 Å². The first-order chi connectivity index (χ1) is 12.7. The number of nitrogens with zero attached hydrogens (tertiary/aromatic N) is 2. The standard InChI is InChI=1S/C22H32N2O2/c1-3-19-12-5-7-14-23(19)21(25)17-10-9-11-18(16-17)22(26)24-15-8-6-13-20(24)4-2/h9-11,16,19-20H,3-8,12-15H2,1-2H3/t19-,20-/m1/s1. The van der Waals surface area contributed by atoms with E-state index in [1.807, 2.05) is 34.1 Å². The molecule has 1 aromatic rings. The van der Waals surface area contributed by atoms with Gasteiger partial charge in [0.25, 0.3) is 11.8 Å². The van der Waals surface area contributed by atoms with Gasteiger partial charge < -0.3 is 9.80 Å². The number of likely N-dealkylation sites (tertiary alicyclic amines) is 2. The van der Waals surface area contributed by atoms with Crippen molar-refractivity contribution in [1.29, 1.82) is 0 Å². The van der Waals surface area contributed by atoms with Crippen LogP contribution in [0, 0.1) is 0 Å². The lowest BCUT2D eigenvalue weighted by molar-refractivity contribution is 0.0606. The monoisotopic (exact) mass is 356 g/mol. The molecule has 2 atom stereocenters. The van der Waals surface area contributed by atoms with E-state index in [1.54, 1.807) is 0 Å². The molecule has 4 nitrogen and oxygen atoms in total. The lowest BCUT2D eigenvalue weighted by Crippen LogP contribution is -2.44. The topological polar surface area (TPSA) is 40.6 Å². The van der Waals surface area contributed by atoms with Crippen molar-refractivity contribution in [3.63, 3.8) is 0 Å². The minimum absolute atomic E-state index is 0.0804. The van der Waals surface area contributed by atoms with E-state index in [-0.39, 0.29) is 11.8 Å². The summed E-state index contributed by atoms with van der Waals surface area (Å²) in [6.45, 7) is 5.97. The van der Waals surface area contributed by atoms with E-state index in [0.29, 0.717) is 23.2 Å². The molecule has 142 valence electrons. The Hall–Kier alpha value is -1.84. The van der Waals surface area contributed by atoms with Gasteiger partial charge in [-0.1, -0.05) is 19.9 Å². The van der Waals surface area contributed by atoms with Crippen molar-refractivity contribution in [1.82, 2.24) is 9.80 Å². The van der Waals surface area contributed by atoms with Crippen LogP contribution in [0.5, 0.6) is 0 Å². The lowest BCUT2D eigenvalue weighted by Gasteiger charge is -2.36. The molecule has 0 aromatic heterocycles. The molecule has 2 heterocycles. The number of piperidine rings is 2. The molecule has 26 heavy (non-hydrogen) atoms. The van der Waals surface area contributed by atoms with Crippen molar-refractivity contribution in [2.24, 2.45) is 0 Å². The molecule has 0 radical (unpaired) electrons. The Morgan fingerprint density at radius 1 is 0.846 bits per heavy atom. The summed E-state index contributed by atoms with van der Waals surface area (Å²) in [5, 5.41) is 0. The van der Waals surface area contributed by atoms with Crippen LogP contribution >= 0.6 is 0 Å². The van der Waals surface area contributed by atoms with E-state index in [4.69, 9.17) is 0 Å². The number of benzene rings is 1. The van der Waals surface area contributed by atoms with Crippen LogP contribution in [0.15, 0.2) is 24.3 Å². The molecule has 2 aliphatic heterocycles. The summed E-state index contributed by atoms with van der Waals surface area (Å²) in [6.07, 6.45) is 8.73. The van der Waals surface area contributed by atoms with Crippen molar-refractivity contribution in [3.05, 3.63) is 35.4 Å². The van der Waals surface area contributed by atoms with Gasteiger partial charge >= 0.3 is 0 Å². The molecule has 2 saturated heterocycles. The van der Waals surface area contributed by atoms with E-state index in [9.17, 15) is 9.59 Å². The van der Waals surface area contributed by atoms with E-state index >= 15 is 0 Å². The zero-order valence-electron chi connectivity index (χ0n) is 16.2. The van der Waals surface area contributed by atoms with Crippen LogP contribution in [0.2, 0.25) is 0 Å². The Balaban J connectivity index is 1.79. The number of hydrogen-bond acceptors (Lipinski definition) is 2. The Kier molecular flexibility index (Phi) is 6.33. The van der Waals surface area contributed by atoms with Gasteiger partial charge in [0, 0.05) is 36.3 Å². The summed E-state index contributed by atoms with van der Waals surface area (Å²) in [4.78, 5) is 30.1. The minimum Gasteiger partial charge on any atom is -0.336 e. The minimum atomic E-state index is 0.0804. The number of carbonyl (C=O) groups is 2. The van der Waals surface area contributed by atoms with Gasteiger partial charge in [0.2, 0.25) is 0 Å². The molecule has 0 bridgehead atoms. The van der Waals surface area contributed by atoms with Crippen molar-refractivity contribution in [2.75, 3.05) is 13.1 Å². The summed E-state index contributed by atoms with van der Waals surface area (Å²) >= 11 is 0. The maximum absolute atomic E-state index is 13.0. The summed E-state index contributed by atoms with van der Waals surface area (Å²) in [6, 6.07) is 8.05. The SMILES string of the molecule is CC[C@@H]1CCCCN1C(=O)c1cccc(C(=O)N2CCCC[C@H]2CC)c1. The predicted molar refractivity (Wildman–Crippen MR) is 104 cm³/mol. The summed E-state index contributed by atoms with van der Waals surface area (Å²) < 4.78 is 0. The van der Waals surface area contributed by atoms with Crippen molar-refractivity contribution < 1.29 is 9.59 Å². The summed E-state index contributed by atoms with van der Waals surface area (Å²) in [5.74, 6) is 0.161. The maximum Gasteiger partial charge on any atom is 0.254 e. The third kappa shape index (κ3) is 3.94. The second-order valence-corrected chi connectivity index (χ2v) is 7.69. The molecule has 0 N–H and O–H groups in total. The largest absolute Gasteiger partial charge is 0.336 e. The van der Waals surface area contributed by atoms with Gasteiger partial charge in [-0.05, 0) is 69.6 Å². The highest BCUT2D eigenvalue weighted by Crippen LogP contribution is 2.24. The fourth-order valence-corrected chi connectivity index (χ4v) is 4.50.